The number of rotatable bonds is 5. The van der Waals surface area contributed by atoms with E-state index in [4.69, 9.17) is 5.11 Å². The van der Waals surface area contributed by atoms with Gasteiger partial charge in [-0.15, -0.1) is 0 Å². The third-order valence-electron chi connectivity index (χ3n) is 5.91. The second-order valence-corrected chi connectivity index (χ2v) is 7.90. The number of carbonyl (C=O) groups excluding carboxylic acids is 2. The fraction of sp³-hybridized carbons (Fsp3) is 0.292. The summed E-state index contributed by atoms with van der Waals surface area (Å²) in [5.74, 6) is -2.02. The number of Topliss-reactive ketones (excluding diaryl/α,β-unsaturated/α-hetero) is 1. The molecule has 2 aromatic carbocycles. The molecule has 0 aliphatic carbocycles. The Labute approximate surface area is 205 Å². The minimum Gasteiger partial charge on any atom is -0.475 e. The van der Waals surface area contributed by atoms with Gasteiger partial charge in [0.15, 0.2) is 0 Å². The molecule has 1 radical (unpaired) electrons. The fourth-order valence-corrected chi connectivity index (χ4v) is 4.21. The molecule has 3 aromatic rings. The number of hydrogen-bond acceptors (Lipinski definition) is 3. The van der Waals surface area contributed by atoms with E-state index >= 15 is 0 Å². The molecule has 2 N–H and O–H groups in total. The normalized spacial score (nSPS) is 14.3. The van der Waals surface area contributed by atoms with Gasteiger partial charge < -0.3 is 15.0 Å². The van der Waals surface area contributed by atoms with Crippen molar-refractivity contribution in [2.45, 2.75) is 26.2 Å². The van der Waals surface area contributed by atoms with Crippen molar-refractivity contribution in [2.75, 3.05) is 13.1 Å². The molecule has 1 amide bonds. The molecule has 157 valence electrons. The monoisotopic (exact) mass is 492 g/mol. The fourth-order valence-electron chi connectivity index (χ4n) is 4.21. The molecular weight excluding hydrogens is 469 g/mol. The number of amides is 1. The first-order valence-corrected chi connectivity index (χ1v) is 10.1. The SMILES string of the molecule is Cc1cc2[nH]cc(C(=O)C(=O)O)c2cc1C(=O)N1CCC(Cc2cc[c-]cc2)CC1.[Y]. The van der Waals surface area contributed by atoms with E-state index in [0.29, 0.717) is 35.5 Å². The summed E-state index contributed by atoms with van der Waals surface area (Å²) < 4.78 is 0. The van der Waals surface area contributed by atoms with Gasteiger partial charge >= 0.3 is 5.97 Å². The van der Waals surface area contributed by atoms with Crippen molar-refractivity contribution in [3.8, 4) is 0 Å². The minimum absolute atomic E-state index is 0. The van der Waals surface area contributed by atoms with Crippen LogP contribution in [0.25, 0.3) is 10.9 Å². The van der Waals surface area contributed by atoms with Crippen molar-refractivity contribution in [3.05, 3.63) is 70.9 Å². The second kappa shape index (κ2) is 9.88. The van der Waals surface area contributed by atoms with E-state index < -0.39 is 11.8 Å². The number of aliphatic carboxylic acids is 1. The van der Waals surface area contributed by atoms with Crippen molar-refractivity contribution >= 4 is 28.6 Å². The molecule has 2 heterocycles. The number of aromatic amines is 1. The number of carbonyl (C=O) groups is 3. The molecule has 0 spiro atoms. The smallest absolute Gasteiger partial charge is 0.377 e. The van der Waals surface area contributed by atoms with Gasteiger partial charge in [-0.3, -0.25) is 9.59 Å². The van der Waals surface area contributed by atoms with E-state index in [0.717, 1.165) is 24.8 Å². The Hall–Kier alpha value is -2.31. The summed E-state index contributed by atoms with van der Waals surface area (Å²) in [6.07, 6.45) is 4.28. The second-order valence-electron chi connectivity index (χ2n) is 7.90. The van der Waals surface area contributed by atoms with E-state index in [-0.39, 0.29) is 44.2 Å². The minimum atomic E-state index is -1.51. The number of carboxylic acid groups (broad SMARTS) is 1. The average molecular weight is 492 g/mol. The van der Waals surface area contributed by atoms with Crippen molar-refractivity contribution in [1.29, 1.82) is 0 Å². The van der Waals surface area contributed by atoms with E-state index in [9.17, 15) is 14.4 Å². The summed E-state index contributed by atoms with van der Waals surface area (Å²) in [6, 6.07) is 14.5. The van der Waals surface area contributed by atoms with Crippen molar-refractivity contribution in [3.63, 3.8) is 0 Å². The van der Waals surface area contributed by atoms with Crippen LogP contribution in [0, 0.1) is 18.9 Å². The van der Waals surface area contributed by atoms with Crippen molar-refractivity contribution in [1.82, 2.24) is 9.88 Å². The number of aromatic nitrogens is 1. The van der Waals surface area contributed by atoms with E-state index in [1.54, 1.807) is 12.1 Å². The van der Waals surface area contributed by atoms with Gasteiger partial charge in [0.05, 0.1) is 5.56 Å². The zero-order valence-corrected chi connectivity index (χ0v) is 20.2. The number of aryl methyl sites for hydroxylation is 1. The molecule has 31 heavy (non-hydrogen) atoms. The molecule has 0 saturated carbocycles. The number of nitrogens with zero attached hydrogens (tertiary/aromatic N) is 1. The van der Waals surface area contributed by atoms with Crippen LogP contribution in [0.1, 0.15) is 44.7 Å². The summed E-state index contributed by atoms with van der Waals surface area (Å²) in [6.45, 7) is 3.23. The maximum absolute atomic E-state index is 13.2. The van der Waals surface area contributed by atoms with Gasteiger partial charge in [0, 0.05) is 68.5 Å². The molecule has 7 heteroatoms. The Bertz CT molecular complexity index is 1120. The van der Waals surface area contributed by atoms with Crippen molar-refractivity contribution < 1.29 is 52.2 Å². The molecular formula is C24H23N2O4Y-. The molecule has 0 atom stereocenters. The largest absolute Gasteiger partial charge is 0.475 e. The number of likely N-dealkylation sites (tertiary alicyclic amines) is 1. The number of carboxylic acids is 1. The first-order chi connectivity index (χ1) is 14.4. The first kappa shape index (κ1) is 23.4. The van der Waals surface area contributed by atoms with Crippen LogP contribution >= 0.6 is 0 Å². The first-order valence-electron chi connectivity index (χ1n) is 10.1. The summed E-state index contributed by atoms with van der Waals surface area (Å²) in [7, 11) is 0. The molecule has 1 fully saturated rings. The molecule has 4 rings (SSSR count). The van der Waals surface area contributed by atoms with Gasteiger partial charge in [-0.05, 0) is 49.8 Å². The zero-order valence-electron chi connectivity index (χ0n) is 17.4. The van der Waals surface area contributed by atoms with Gasteiger partial charge in [0.25, 0.3) is 11.7 Å². The molecule has 1 saturated heterocycles. The summed E-state index contributed by atoms with van der Waals surface area (Å²) in [4.78, 5) is 41.0. The molecule has 1 aliphatic heterocycles. The maximum atomic E-state index is 13.2. The number of piperidine rings is 1. The van der Waals surface area contributed by atoms with Gasteiger partial charge in [-0.25, -0.2) is 4.79 Å². The predicted octanol–water partition coefficient (Wildman–Crippen LogP) is 3.64. The van der Waals surface area contributed by atoms with E-state index in [2.05, 4.69) is 23.2 Å². The molecule has 6 nitrogen and oxygen atoms in total. The Kier molecular flexibility index (Phi) is 7.44. The van der Waals surface area contributed by atoms with Crippen LogP contribution in [-0.4, -0.2) is 45.7 Å². The predicted molar refractivity (Wildman–Crippen MR) is 113 cm³/mol. The van der Waals surface area contributed by atoms with Crippen LogP contribution in [0.15, 0.2) is 42.6 Å². The van der Waals surface area contributed by atoms with Crippen LogP contribution in [0.4, 0.5) is 0 Å². The number of ketones is 1. The molecule has 1 aromatic heterocycles. The maximum Gasteiger partial charge on any atom is 0.377 e. The van der Waals surface area contributed by atoms with Crippen LogP contribution in [0.2, 0.25) is 0 Å². The van der Waals surface area contributed by atoms with Gasteiger partial charge in [0.1, 0.15) is 0 Å². The Morgan fingerprint density at radius 2 is 1.81 bits per heavy atom. The third-order valence-corrected chi connectivity index (χ3v) is 5.91. The summed E-state index contributed by atoms with van der Waals surface area (Å²) >= 11 is 0. The van der Waals surface area contributed by atoms with Crippen LogP contribution < -0.4 is 0 Å². The van der Waals surface area contributed by atoms with Gasteiger partial charge in [-0.2, -0.15) is 35.9 Å². The molecule has 0 unspecified atom stereocenters. The number of hydrogen-bond donors (Lipinski definition) is 2. The van der Waals surface area contributed by atoms with E-state index in [1.165, 1.54) is 11.8 Å². The summed E-state index contributed by atoms with van der Waals surface area (Å²) in [5.41, 5.74) is 3.32. The topological polar surface area (TPSA) is 90.5 Å². The summed E-state index contributed by atoms with van der Waals surface area (Å²) in [5, 5.41) is 9.51. The number of nitrogens with one attached hydrogen (secondary N) is 1. The van der Waals surface area contributed by atoms with Crippen LogP contribution in [-0.2, 0) is 43.9 Å². The number of fused-ring (bicyclic) bond motifs is 1. The van der Waals surface area contributed by atoms with Crippen LogP contribution in [0.5, 0.6) is 0 Å². The van der Waals surface area contributed by atoms with Gasteiger partial charge in [-0.1, -0.05) is 0 Å². The standard InChI is InChI=1S/C24H23N2O4.Y/c1-15-11-21-19(20(14-25-21)22(27)24(29)30)13-18(15)23(28)26-9-7-17(8-10-26)12-16-5-3-2-4-6-16;/h3-6,11,13-14,17,25H,7-10,12H2,1H3,(H,29,30);/q-1;. The third kappa shape index (κ3) is 4.96. The molecule has 1 aliphatic rings. The van der Waals surface area contributed by atoms with Crippen molar-refractivity contribution in [2.24, 2.45) is 5.92 Å². The molecule has 0 bridgehead atoms. The quantitative estimate of drug-likeness (QED) is 0.323. The Morgan fingerprint density at radius 1 is 1.13 bits per heavy atom. The Balaban J connectivity index is 0.00000272. The van der Waals surface area contributed by atoms with Crippen LogP contribution in [0.3, 0.4) is 0 Å². The average Bonchev–Trinajstić information content (AvgIpc) is 3.15. The zero-order chi connectivity index (χ0) is 21.3. The number of H-pyrrole nitrogens is 1. The van der Waals surface area contributed by atoms with E-state index in [1.807, 2.05) is 24.0 Å². The Morgan fingerprint density at radius 3 is 2.45 bits per heavy atom. The number of benzene rings is 2. The van der Waals surface area contributed by atoms with Gasteiger partial charge in [0.2, 0.25) is 0 Å².